The van der Waals surface area contributed by atoms with Gasteiger partial charge in [-0.15, -0.1) is 0 Å². The Bertz CT molecular complexity index is 372. The molecule has 16 heavy (non-hydrogen) atoms. The first-order chi connectivity index (χ1) is 7.77. The van der Waals surface area contributed by atoms with E-state index in [1.807, 2.05) is 12.1 Å². The highest BCUT2D eigenvalue weighted by Crippen LogP contribution is 2.29. The number of anilines is 1. The Morgan fingerprint density at radius 3 is 2.75 bits per heavy atom. The topological polar surface area (TPSA) is 49.3 Å². The van der Waals surface area contributed by atoms with Gasteiger partial charge in [-0.1, -0.05) is 31.4 Å². The second-order valence-corrected chi connectivity index (χ2v) is 4.36. The van der Waals surface area contributed by atoms with Crippen LogP contribution in [-0.4, -0.2) is 17.6 Å². The fraction of sp³-hybridized carbons (Fsp3) is 0.462. The van der Waals surface area contributed by atoms with Crippen molar-refractivity contribution in [3.05, 3.63) is 29.8 Å². The number of para-hydroxylation sites is 1. The zero-order chi connectivity index (χ0) is 11.4. The Hall–Kier alpha value is -1.51. The van der Waals surface area contributed by atoms with Gasteiger partial charge in [0.25, 0.3) is 0 Å². The normalized spacial score (nSPS) is 15.5. The molecule has 1 aromatic carbocycles. The van der Waals surface area contributed by atoms with Crippen molar-refractivity contribution in [3.8, 4) is 0 Å². The van der Waals surface area contributed by atoms with Gasteiger partial charge in [0, 0.05) is 12.2 Å². The number of carbonyl (C=O) groups is 1. The predicted octanol–water partition coefficient (Wildman–Crippen LogP) is 2.99. The summed E-state index contributed by atoms with van der Waals surface area (Å²) < 4.78 is 0. The number of carboxylic acid groups (broad SMARTS) is 1. The van der Waals surface area contributed by atoms with E-state index in [4.69, 9.17) is 5.11 Å². The van der Waals surface area contributed by atoms with Gasteiger partial charge in [0.2, 0.25) is 0 Å². The summed E-state index contributed by atoms with van der Waals surface area (Å²) in [5, 5.41) is 12.2. The second kappa shape index (κ2) is 5.01. The molecule has 3 nitrogen and oxygen atoms in total. The van der Waals surface area contributed by atoms with Crippen LogP contribution in [0.3, 0.4) is 0 Å². The molecule has 2 N–H and O–H groups in total. The Morgan fingerprint density at radius 2 is 2.12 bits per heavy atom. The van der Waals surface area contributed by atoms with Crippen molar-refractivity contribution in [2.45, 2.75) is 25.7 Å². The summed E-state index contributed by atoms with van der Waals surface area (Å²) in [6, 6.07) is 7.07. The van der Waals surface area contributed by atoms with Crippen LogP contribution < -0.4 is 5.32 Å². The lowest BCUT2D eigenvalue weighted by molar-refractivity contribution is 0.0698. The quantitative estimate of drug-likeness (QED) is 0.800. The van der Waals surface area contributed by atoms with Gasteiger partial charge in [0.05, 0.1) is 5.56 Å². The first kappa shape index (κ1) is 11.0. The van der Waals surface area contributed by atoms with E-state index in [1.165, 1.54) is 19.3 Å². The molecule has 3 heteroatoms. The van der Waals surface area contributed by atoms with Crippen LogP contribution in [0.15, 0.2) is 24.3 Å². The third-order valence-corrected chi connectivity index (χ3v) is 3.25. The third kappa shape index (κ3) is 2.54. The summed E-state index contributed by atoms with van der Waals surface area (Å²) in [7, 11) is 0. The Morgan fingerprint density at radius 1 is 1.38 bits per heavy atom. The average Bonchev–Trinajstić information content (AvgIpc) is 2.22. The lowest BCUT2D eigenvalue weighted by Gasteiger charge is -2.25. The van der Waals surface area contributed by atoms with Crippen LogP contribution in [-0.2, 0) is 0 Å². The summed E-state index contributed by atoms with van der Waals surface area (Å²) >= 11 is 0. The summed E-state index contributed by atoms with van der Waals surface area (Å²) in [6.07, 6.45) is 5.18. The van der Waals surface area contributed by atoms with Crippen LogP contribution in [0.2, 0.25) is 0 Å². The predicted molar refractivity (Wildman–Crippen MR) is 63.8 cm³/mol. The molecule has 0 radical (unpaired) electrons. The van der Waals surface area contributed by atoms with E-state index in [0.29, 0.717) is 5.56 Å². The highest BCUT2D eigenvalue weighted by molar-refractivity contribution is 5.94. The van der Waals surface area contributed by atoms with Gasteiger partial charge in [-0.25, -0.2) is 4.79 Å². The van der Waals surface area contributed by atoms with Crippen molar-refractivity contribution in [3.63, 3.8) is 0 Å². The molecule has 0 spiro atoms. The van der Waals surface area contributed by atoms with Crippen molar-refractivity contribution >= 4 is 11.7 Å². The maximum absolute atomic E-state index is 10.9. The number of nitrogens with one attached hydrogen (secondary N) is 1. The van der Waals surface area contributed by atoms with Crippen molar-refractivity contribution in [1.82, 2.24) is 0 Å². The molecular formula is C13H17NO2. The highest BCUT2D eigenvalue weighted by atomic mass is 16.4. The van der Waals surface area contributed by atoms with Crippen LogP contribution in [0.25, 0.3) is 0 Å². The maximum atomic E-state index is 10.9. The minimum absolute atomic E-state index is 0.358. The fourth-order valence-electron chi connectivity index (χ4n) is 2.02. The SMILES string of the molecule is O=C(O)c1ccccc1NCCC1CCC1. The van der Waals surface area contributed by atoms with E-state index in [2.05, 4.69) is 5.32 Å². The Labute approximate surface area is 95.5 Å². The molecule has 0 aliphatic heterocycles. The fourth-order valence-corrected chi connectivity index (χ4v) is 2.02. The van der Waals surface area contributed by atoms with E-state index in [1.54, 1.807) is 12.1 Å². The average molecular weight is 219 g/mol. The lowest BCUT2D eigenvalue weighted by atomic mass is 9.83. The summed E-state index contributed by atoms with van der Waals surface area (Å²) in [4.78, 5) is 10.9. The Balaban J connectivity index is 1.89. The number of hydrogen-bond donors (Lipinski definition) is 2. The number of aromatic carboxylic acids is 1. The van der Waals surface area contributed by atoms with Crippen molar-refractivity contribution in [2.24, 2.45) is 5.92 Å². The van der Waals surface area contributed by atoms with Crippen LogP contribution in [0, 0.1) is 5.92 Å². The van der Waals surface area contributed by atoms with E-state index >= 15 is 0 Å². The summed E-state index contributed by atoms with van der Waals surface area (Å²) in [6.45, 7) is 0.870. The largest absolute Gasteiger partial charge is 0.478 e. The monoisotopic (exact) mass is 219 g/mol. The standard InChI is InChI=1S/C13H17NO2/c15-13(16)11-6-1-2-7-12(11)14-9-8-10-4-3-5-10/h1-2,6-7,10,14H,3-5,8-9H2,(H,15,16). The van der Waals surface area contributed by atoms with Crippen molar-refractivity contribution in [1.29, 1.82) is 0 Å². The zero-order valence-corrected chi connectivity index (χ0v) is 9.28. The summed E-state index contributed by atoms with van der Waals surface area (Å²) in [5.41, 5.74) is 1.09. The highest BCUT2D eigenvalue weighted by Gasteiger charge is 2.16. The van der Waals surface area contributed by atoms with Crippen molar-refractivity contribution < 1.29 is 9.90 Å². The molecule has 1 saturated carbocycles. The van der Waals surface area contributed by atoms with Crippen LogP contribution in [0.5, 0.6) is 0 Å². The minimum Gasteiger partial charge on any atom is -0.478 e. The van der Waals surface area contributed by atoms with Gasteiger partial charge in [0.15, 0.2) is 0 Å². The molecule has 0 unspecified atom stereocenters. The van der Waals surface area contributed by atoms with Crippen LogP contribution in [0.1, 0.15) is 36.0 Å². The third-order valence-electron chi connectivity index (χ3n) is 3.25. The molecule has 1 aromatic rings. The van der Waals surface area contributed by atoms with Gasteiger partial charge >= 0.3 is 5.97 Å². The first-order valence-corrected chi connectivity index (χ1v) is 5.83. The molecule has 0 heterocycles. The van der Waals surface area contributed by atoms with Crippen LogP contribution >= 0.6 is 0 Å². The number of carboxylic acids is 1. The van der Waals surface area contributed by atoms with E-state index < -0.39 is 5.97 Å². The van der Waals surface area contributed by atoms with Gasteiger partial charge in [-0.3, -0.25) is 0 Å². The van der Waals surface area contributed by atoms with Gasteiger partial charge in [0.1, 0.15) is 0 Å². The van der Waals surface area contributed by atoms with Gasteiger partial charge in [-0.05, 0) is 24.5 Å². The number of rotatable bonds is 5. The molecule has 86 valence electrons. The van der Waals surface area contributed by atoms with Gasteiger partial charge < -0.3 is 10.4 Å². The first-order valence-electron chi connectivity index (χ1n) is 5.83. The number of benzene rings is 1. The van der Waals surface area contributed by atoms with Gasteiger partial charge in [-0.2, -0.15) is 0 Å². The van der Waals surface area contributed by atoms with Crippen LogP contribution in [0.4, 0.5) is 5.69 Å². The van der Waals surface area contributed by atoms with Crippen molar-refractivity contribution in [2.75, 3.05) is 11.9 Å². The zero-order valence-electron chi connectivity index (χ0n) is 9.28. The lowest BCUT2D eigenvalue weighted by Crippen LogP contribution is -2.16. The molecule has 0 atom stereocenters. The molecule has 1 aliphatic rings. The molecule has 0 bridgehead atoms. The molecule has 0 saturated heterocycles. The number of hydrogen-bond acceptors (Lipinski definition) is 2. The molecule has 1 aliphatic carbocycles. The molecule has 1 fully saturated rings. The second-order valence-electron chi connectivity index (χ2n) is 4.36. The van der Waals surface area contributed by atoms with E-state index in [9.17, 15) is 4.79 Å². The molecule has 2 rings (SSSR count). The minimum atomic E-state index is -0.869. The Kier molecular flexibility index (Phi) is 3.44. The molecule has 0 amide bonds. The van der Waals surface area contributed by atoms with E-state index in [0.717, 1.165) is 24.6 Å². The molecule has 0 aromatic heterocycles. The van der Waals surface area contributed by atoms with E-state index in [-0.39, 0.29) is 0 Å². The summed E-state index contributed by atoms with van der Waals surface area (Å²) in [5.74, 6) is -0.0174. The molecular weight excluding hydrogens is 202 g/mol. The maximum Gasteiger partial charge on any atom is 0.337 e. The smallest absolute Gasteiger partial charge is 0.337 e.